The fraction of sp³-hybridized carbons (Fsp3) is 0.455. The van der Waals surface area contributed by atoms with Gasteiger partial charge in [0.1, 0.15) is 19.0 Å². The molecule has 92 valence electrons. The summed E-state index contributed by atoms with van der Waals surface area (Å²) in [4.78, 5) is 0. The number of benzene rings is 1. The Morgan fingerprint density at radius 2 is 1.62 bits per heavy atom. The summed E-state index contributed by atoms with van der Waals surface area (Å²) in [5.74, 6) is 0.699. The maximum Gasteiger partial charge on any atom is 0.264 e. The van der Waals surface area contributed by atoms with Crippen LogP contribution in [0.5, 0.6) is 5.75 Å². The van der Waals surface area contributed by atoms with Crippen LogP contribution in [0.15, 0.2) is 30.3 Å². The Morgan fingerprint density at radius 3 is 2.12 bits per heavy atom. The number of hydrogen-bond donors (Lipinski definition) is 0. The summed E-state index contributed by atoms with van der Waals surface area (Å²) in [6, 6.07) is 9.14. The van der Waals surface area contributed by atoms with Crippen molar-refractivity contribution >= 4 is 10.1 Å². The summed E-state index contributed by atoms with van der Waals surface area (Å²) in [5.41, 5.74) is 0. The highest BCUT2D eigenvalue weighted by molar-refractivity contribution is 7.85. The molecule has 0 heterocycles. The van der Waals surface area contributed by atoms with Crippen molar-refractivity contribution in [3.8, 4) is 5.75 Å². The molecule has 0 aliphatic heterocycles. The second-order valence-corrected chi connectivity index (χ2v) is 4.33. The van der Waals surface area contributed by atoms with Gasteiger partial charge < -0.3 is 4.74 Å². The molecular weight excluding hydrogens is 228 g/mol. The number of rotatable bonds is 5. The summed E-state index contributed by atoms with van der Waals surface area (Å²) in [7, 11) is -3.36. The summed E-state index contributed by atoms with van der Waals surface area (Å²) >= 11 is 0. The molecule has 0 radical (unpaired) electrons. The standard InChI is InChI=1S/C9H12O4S.C2H6/c1-14(10,11)13-8-7-12-9-5-3-2-4-6-9;1-2/h2-6H,7-8H2,1H3;1-2H3. The lowest BCUT2D eigenvalue weighted by atomic mass is 10.3. The number of para-hydroxylation sites is 1. The van der Waals surface area contributed by atoms with E-state index >= 15 is 0 Å². The summed E-state index contributed by atoms with van der Waals surface area (Å²) < 4.78 is 30.8. The predicted molar refractivity (Wildman–Crippen MR) is 64.1 cm³/mol. The van der Waals surface area contributed by atoms with Crippen LogP contribution in [0.25, 0.3) is 0 Å². The Kier molecular flexibility index (Phi) is 7.58. The van der Waals surface area contributed by atoms with Gasteiger partial charge in [0.05, 0.1) is 6.26 Å². The lowest BCUT2D eigenvalue weighted by Crippen LogP contribution is -2.11. The third-order valence-corrected chi connectivity index (χ3v) is 1.99. The number of hydrogen-bond acceptors (Lipinski definition) is 4. The van der Waals surface area contributed by atoms with Gasteiger partial charge in [-0.05, 0) is 12.1 Å². The molecule has 0 unspecified atom stereocenters. The summed E-state index contributed by atoms with van der Waals surface area (Å²) in [6.45, 7) is 4.25. The topological polar surface area (TPSA) is 52.6 Å². The largest absolute Gasteiger partial charge is 0.491 e. The molecule has 0 aliphatic carbocycles. The Bertz CT molecular complexity index is 359. The average Bonchev–Trinajstić information content (AvgIpc) is 2.28. The molecule has 1 aromatic carbocycles. The Labute approximate surface area is 97.3 Å². The monoisotopic (exact) mass is 246 g/mol. The Morgan fingerprint density at radius 1 is 1.06 bits per heavy atom. The minimum atomic E-state index is -3.36. The highest BCUT2D eigenvalue weighted by Crippen LogP contribution is 2.07. The van der Waals surface area contributed by atoms with E-state index in [1.165, 1.54) is 0 Å². The van der Waals surface area contributed by atoms with Crippen LogP contribution in [-0.2, 0) is 14.3 Å². The second-order valence-electron chi connectivity index (χ2n) is 2.69. The molecule has 0 aromatic heterocycles. The molecule has 0 atom stereocenters. The molecule has 1 rings (SSSR count). The van der Waals surface area contributed by atoms with E-state index in [0.717, 1.165) is 6.26 Å². The lowest BCUT2D eigenvalue weighted by molar-refractivity contribution is 0.222. The van der Waals surface area contributed by atoms with Crippen LogP contribution in [0, 0.1) is 0 Å². The van der Waals surface area contributed by atoms with Crippen molar-refractivity contribution in [1.82, 2.24) is 0 Å². The van der Waals surface area contributed by atoms with Crippen LogP contribution >= 0.6 is 0 Å². The first-order valence-corrected chi connectivity index (χ1v) is 6.92. The molecule has 16 heavy (non-hydrogen) atoms. The SMILES string of the molecule is CC.CS(=O)(=O)OCCOc1ccccc1. The highest BCUT2D eigenvalue weighted by atomic mass is 32.2. The molecule has 0 saturated carbocycles. The van der Waals surface area contributed by atoms with Crippen LogP contribution in [0.2, 0.25) is 0 Å². The minimum absolute atomic E-state index is 0.0354. The van der Waals surface area contributed by atoms with Gasteiger partial charge in [-0.3, -0.25) is 4.18 Å². The molecular formula is C11H18O4S. The summed E-state index contributed by atoms with van der Waals surface area (Å²) in [6.07, 6.45) is 1.01. The van der Waals surface area contributed by atoms with Gasteiger partial charge in [0.2, 0.25) is 0 Å². The number of ether oxygens (including phenoxy) is 1. The van der Waals surface area contributed by atoms with Crippen molar-refractivity contribution in [2.75, 3.05) is 19.5 Å². The zero-order valence-corrected chi connectivity index (χ0v) is 10.7. The maximum atomic E-state index is 10.6. The van der Waals surface area contributed by atoms with Gasteiger partial charge in [0.15, 0.2) is 0 Å². The van der Waals surface area contributed by atoms with E-state index in [0.29, 0.717) is 5.75 Å². The maximum absolute atomic E-state index is 10.6. The van der Waals surface area contributed by atoms with Gasteiger partial charge in [-0.25, -0.2) is 0 Å². The first kappa shape index (κ1) is 14.9. The molecule has 0 aliphatic rings. The molecule has 4 nitrogen and oxygen atoms in total. The second kappa shape index (κ2) is 8.13. The third kappa shape index (κ3) is 8.26. The van der Waals surface area contributed by atoms with Crippen molar-refractivity contribution in [3.63, 3.8) is 0 Å². The molecule has 5 heteroatoms. The van der Waals surface area contributed by atoms with Crippen LogP contribution in [0.3, 0.4) is 0 Å². The molecule has 0 bridgehead atoms. The van der Waals surface area contributed by atoms with Crippen molar-refractivity contribution in [1.29, 1.82) is 0 Å². The average molecular weight is 246 g/mol. The first-order chi connectivity index (χ1) is 7.58. The fourth-order valence-corrected chi connectivity index (χ4v) is 1.23. The fourth-order valence-electron chi connectivity index (χ4n) is 0.862. The van der Waals surface area contributed by atoms with E-state index in [9.17, 15) is 8.42 Å². The van der Waals surface area contributed by atoms with E-state index in [1.807, 2.05) is 32.0 Å². The van der Waals surface area contributed by atoms with E-state index in [4.69, 9.17) is 4.74 Å². The van der Waals surface area contributed by atoms with Gasteiger partial charge in [0, 0.05) is 0 Å². The van der Waals surface area contributed by atoms with Crippen molar-refractivity contribution in [2.45, 2.75) is 13.8 Å². The highest BCUT2D eigenvalue weighted by Gasteiger charge is 2.00. The molecule has 0 N–H and O–H groups in total. The van der Waals surface area contributed by atoms with Gasteiger partial charge >= 0.3 is 0 Å². The lowest BCUT2D eigenvalue weighted by Gasteiger charge is -2.04. The third-order valence-electron chi connectivity index (χ3n) is 1.39. The zero-order chi connectivity index (χ0) is 12.4. The molecule has 0 amide bonds. The normalized spacial score (nSPS) is 10.2. The molecule has 1 aromatic rings. The molecule has 0 saturated heterocycles. The smallest absolute Gasteiger partial charge is 0.264 e. The van der Waals surface area contributed by atoms with Gasteiger partial charge in [0.25, 0.3) is 10.1 Å². The predicted octanol–water partition coefficient (Wildman–Crippen LogP) is 2.07. The molecule has 0 spiro atoms. The van der Waals surface area contributed by atoms with Crippen molar-refractivity contribution < 1.29 is 17.3 Å². The van der Waals surface area contributed by atoms with E-state index in [1.54, 1.807) is 12.1 Å². The van der Waals surface area contributed by atoms with E-state index in [2.05, 4.69) is 4.18 Å². The van der Waals surface area contributed by atoms with Crippen LogP contribution in [0.1, 0.15) is 13.8 Å². The van der Waals surface area contributed by atoms with Gasteiger partial charge in [-0.15, -0.1) is 0 Å². The van der Waals surface area contributed by atoms with Crippen LogP contribution in [-0.4, -0.2) is 27.9 Å². The Balaban J connectivity index is 0.00000106. The van der Waals surface area contributed by atoms with Crippen molar-refractivity contribution in [2.24, 2.45) is 0 Å². The van der Waals surface area contributed by atoms with Crippen molar-refractivity contribution in [3.05, 3.63) is 30.3 Å². The van der Waals surface area contributed by atoms with E-state index < -0.39 is 10.1 Å². The van der Waals surface area contributed by atoms with Gasteiger partial charge in [-0.2, -0.15) is 8.42 Å². The first-order valence-electron chi connectivity index (χ1n) is 5.10. The zero-order valence-electron chi connectivity index (χ0n) is 9.84. The van der Waals surface area contributed by atoms with Crippen LogP contribution < -0.4 is 4.74 Å². The van der Waals surface area contributed by atoms with E-state index in [-0.39, 0.29) is 13.2 Å². The summed E-state index contributed by atoms with van der Waals surface area (Å²) in [5, 5.41) is 0. The minimum Gasteiger partial charge on any atom is -0.491 e. The van der Waals surface area contributed by atoms with Crippen LogP contribution in [0.4, 0.5) is 0 Å². The Hall–Kier alpha value is -1.07. The van der Waals surface area contributed by atoms with Gasteiger partial charge in [-0.1, -0.05) is 32.0 Å². The quantitative estimate of drug-likeness (QED) is 0.589. The molecule has 0 fully saturated rings.